The number of amides is 1. The number of carbonyl (C=O) groups excluding carboxylic acids is 1. The number of ether oxygens (including phenoxy) is 1. The van der Waals surface area contributed by atoms with Crippen LogP contribution in [0.1, 0.15) is 46.5 Å². The van der Waals surface area contributed by atoms with Crippen LogP contribution in [0, 0.1) is 22.7 Å². The Morgan fingerprint density at radius 1 is 1.24 bits per heavy atom. The van der Waals surface area contributed by atoms with Crippen molar-refractivity contribution in [2.75, 3.05) is 13.2 Å². The molecule has 5 rings (SSSR count). The Labute approximate surface area is 193 Å². The summed E-state index contributed by atoms with van der Waals surface area (Å²) in [6, 6.07) is 4.63. The second kappa shape index (κ2) is 7.68. The van der Waals surface area contributed by atoms with Crippen LogP contribution in [-0.4, -0.2) is 49.6 Å². The fourth-order valence-electron chi connectivity index (χ4n) is 7.00. The molecule has 3 fully saturated rings. The van der Waals surface area contributed by atoms with Gasteiger partial charge in [0.1, 0.15) is 0 Å². The first-order valence-corrected chi connectivity index (χ1v) is 13.1. The zero-order valence-electron chi connectivity index (χ0n) is 19.2. The molecule has 1 aromatic carbocycles. The third kappa shape index (κ3) is 3.63. The minimum atomic E-state index is -3.72. The number of imidazole rings is 1. The molecule has 3 aliphatic rings. The van der Waals surface area contributed by atoms with Crippen molar-refractivity contribution in [2.24, 2.45) is 22.7 Å². The Morgan fingerprint density at radius 3 is 2.76 bits per heavy atom. The maximum absolute atomic E-state index is 12.8. The largest absolute Gasteiger partial charge is 0.378 e. The molecule has 1 aliphatic heterocycles. The van der Waals surface area contributed by atoms with E-state index < -0.39 is 10.0 Å². The van der Waals surface area contributed by atoms with Crippen LogP contribution in [0.25, 0.3) is 11.0 Å². The maximum atomic E-state index is 12.8. The van der Waals surface area contributed by atoms with Crippen molar-refractivity contribution in [3.63, 3.8) is 0 Å². The molecule has 1 saturated heterocycles. The van der Waals surface area contributed by atoms with Gasteiger partial charge < -0.3 is 20.0 Å². The Morgan fingerprint density at radius 2 is 2.00 bits per heavy atom. The van der Waals surface area contributed by atoms with Crippen LogP contribution in [0.15, 0.2) is 27.9 Å². The molecule has 1 amide bonds. The summed E-state index contributed by atoms with van der Waals surface area (Å²) in [6.45, 7) is 7.00. The molecule has 2 aromatic rings. The third-order valence-corrected chi connectivity index (χ3v) is 9.95. The summed E-state index contributed by atoms with van der Waals surface area (Å²) in [4.78, 5) is 28.7. The van der Waals surface area contributed by atoms with E-state index in [1.54, 1.807) is 13.0 Å². The Bertz CT molecular complexity index is 1250. The van der Waals surface area contributed by atoms with Gasteiger partial charge in [-0.3, -0.25) is 4.79 Å². The highest BCUT2D eigenvalue weighted by Gasteiger charge is 2.68. The smallest absolute Gasteiger partial charge is 0.323 e. The van der Waals surface area contributed by atoms with Crippen LogP contribution in [0.5, 0.6) is 0 Å². The molecule has 9 nitrogen and oxygen atoms in total. The van der Waals surface area contributed by atoms with E-state index in [2.05, 4.69) is 33.9 Å². The first-order chi connectivity index (χ1) is 15.5. The van der Waals surface area contributed by atoms with Gasteiger partial charge in [-0.15, -0.1) is 0 Å². The first-order valence-electron chi connectivity index (χ1n) is 11.6. The minimum Gasteiger partial charge on any atom is -0.378 e. The molecule has 2 saturated carbocycles. The number of rotatable bonds is 6. The van der Waals surface area contributed by atoms with Crippen molar-refractivity contribution in [3.05, 3.63) is 28.7 Å². The van der Waals surface area contributed by atoms with Crippen LogP contribution < -0.4 is 15.7 Å². The summed E-state index contributed by atoms with van der Waals surface area (Å²) in [6.07, 6.45) is 3.62. The molecule has 2 heterocycles. The zero-order chi connectivity index (χ0) is 23.6. The van der Waals surface area contributed by atoms with Crippen molar-refractivity contribution >= 4 is 27.0 Å². The van der Waals surface area contributed by atoms with Crippen LogP contribution >= 0.6 is 0 Å². The molecule has 2 aliphatic carbocycles. The van der Waals surface area contributed by atoms with Crippen molar-refractivity contribution in [1.82, 2.24) is 20.0 Å². The lowest BCUT2D eigenvalue weighted by Crippen LogP contribution is -2.60. The predicted molar refractivity (Wildman–Crippen MR) is 123 cm³/mol. The number of H-pyrrole nitrogens is 2. The van der Waals surface area contributed by atoms with Crippen molar-refractivity contribution in [1.29, 1.82) is 0 Å². The molecular formula is C23H32N4O5S. The normalized spacial score (nSPS) is 32.7. The van der Waals surface area contributed by atoms with Gasteiger partial charge in [0.05, 0.1) is 22.0 Å². The maximum Gasteiger partial charge on any atom is 0.323 e. The first kappa shape index (κ1) is 22.6. The minimum absolute atomic E-state index is 0.00490. The molecule has 0 unspecified atom stereocenters. The second-order valence-electron chi connectivity index (χ2n) is 10.6. The highest BCUT2D eigenvalue weighted by molar-refractivity contribution is 7.89. The lowest BCUT2D eigenvalue weighted by atomic mass is 9.59. The van der Waals surface area contributed by atoms with Gasteiger partial charge >= 0.3 is 5.69 Å². The average molecular weight is 477 g/mol. The molecule has 4 N–H and O–H groups in total. The summed E-state index contributed by atoms with van der Waals surface area (Å²) in [5.41, 5.74) is 0.709. The van der Waals surface area contributed by atoms with E-state index in [1.807, 2.05) is 0 Å². The lowest BCUT2D eigenvalue weighted by Gasteiger charge is -2.53. The van der Waals surface area contributed by atoms with Crippen LogP contribution in [0.2, 0.25) is 0 Å². The monoisotopic (exact) mass is 476 g/mol. The van der Waals surface area contributed by atoms with E-state index in [9.17, 15) is 18.0 Å². The average Bonchev–Trinajstić information content (AvgIpc) is 3.36. The quantitative estimate of drug-likeness (QED) is 0.505. The Hall–Kier alpha value is -2.17. The van der Waals surface area contributed by atoms with Crippen molar-refractivity contribution < 1.29 is 17.9 Å². The third-order valence-electron chi connectivity index (χ3n) is 8.49. The Kier molecular flexibility index (Phi) is 5.26. The fourth-order valence-corrected chi connectivity index (χ4v) is 8.07. The van der Waals surface area contributed by atoms with E-state index >= 15 is 0 Å². The molecular weight excluding hydrogens is 444 g/mol. The van der Waals surface area contributed by atoms with Gasteiger partial charge in [-0.2, -0.15) is 0 Å². The van der Waals surface area contributed by atoms with E-state index in [-0.39, 0.29) is 46.0 Å². The SMILES string of the molecule is CC(=O)N[C@H]1C(C)(C)[C@@H]2C[C@@H]3[C@@H](CCNS(=O)(=O)c4ccc5[nH]c(=O)[nH]c5c4)OCC[C@@]31C2. The predicted octanol–water partition coefficient (Wildman–Crippen LogP) is 1.87. The second-order valence-corrected chi connectivity index (χ2v) is 12.3. The number of carbonyl (C=O) groups is 1. The molecule has 33 heavy (non-hydrogen) atoms. The molecule has 1 aromatic heterocycles. The van der Waals surface area contributed by atoms with Gasteiger partial charge in [0, 0.05) is 26.1 Å². The Balaban J connectivity index is 1.28. The number of nitrogens with one attached hydrogen (secondary N) is 4. The number of hydrogen-bond donors (Lipinski definition) is 4. The van der Waals surface area contributed by atoms with Crippen LogP contribution in [-0.2, 0) is 19.6 Å². The zero-order valence-corrected chi connectivity index (χ0v) is 20.1. The summed E-state index contributed by atoms with van der Waals surface area (Å²) < 4.78 is 34.5. The summed E-state index contributed by atoms with van der Waals surface area (Å²) >= 11 is 0. The number of sulfonamides is 1. The fraction of sp³-hybridized carbons (Fsp3) is 0.652. The molecule has 2 bridgehead atoms. The molecule has 1 spiro atoms. The number of benzene rings is 1. The lowest BCUT2D eigenvalue weighted by molar-refractivity contribution is -0.135. The number of aromatic nitrogens is 2. The van der Waals surface area contributed by atoms with Crippen molar-refractivity contribution in [2.45, 2.75) is 63.5 Å². The van der Waals surface area contributed by atoms with Crippen LogP contribution in [0.4, 0.5) is 0 Å². The van der Waals surface area contributed by atoms with E-state index in [1.165, 1.54) is 12.1 Å². The molecule has 0 radical (unpaired) electrons. The standard InChI is InChI=1S/C23H32N4O5S/c1-13(28)25-20-22(2,3)14-10-16-19(32-9-7-23(16,20)12-14)6-8-24-33(30,31)15-4-5-17-18(11-15)27-21(29)26-17/h4-5,11,14,16,19-20,24H,6-10,12H2,1-3H3,(H,25,28)(H2,26,27,29)/t14-,16-,19-,20+,23-/m1/s1. The topological polar surface area (TPSA) is 133 Å². The van der Waals surface area contributed by atoms with Crippen molar-refractivity contribution in [3.8, 4) is 0 Å². The highest BCUT2D eigenvalue weighted by atomic mass is 32.2. The summed E-state index contributed by atoms with van der Waals surface area (Å²) in [5, 5.41) is 3.26. The molecule has 10 heteroatoms. The summed E-state index contributed by atoms with van der Waals surface area (Å²) in [7, 11) is -3.72. The van der Waals surface area contributed by atoms with Gasteiger partial charge in [-0.25, -0.2) is 17.9 Å². The number of fused-ring (bicyclic) bond motifs is 2. The van der Waals surface area contributed by atoms with Crippen LogP contribution in [0.3, 0.4) is 0 Å². The van der Waals surface area contributed by atoms with E-state index in [0.29, 0.717) is 35.9 Å². The van der Waals surface area contributed by atoms with Gasteiger partial charge in [-0.1, -0.05) is 13.8 Å². The van der Waals surface area contributed by atoms with Gasteiger partial charge in [0.15, 0.2) is 0 Å². The van der Waals surface area contributed by atoms with Gasteiger partial charge in [0.25, 0.3) is 0 Å². The van der Waals surface area contributed by atoms with E-state index in [0.717, 1.165) is 19.3 Å². The molecule has 180 valence electrons. The summed E-state index contributed by atoms with van der Waals surface area (Å²) in [5.74, 6) is 0.840. The molecule has 5 atom stereocenters. The van der Waals surface area contributed by atoms with Gasteiger partial charge in [0.2, 0.25) is 15.9 Å². The number of hydrogen-bond acceptors (Lipinski definition) is 5. The van der Waals surface area contributed by atoms with Gasteiger partial charge in [-0.05, 0) is 66.5 Å². The number of aromatic amines is 2. The van der Waals surface area contributed by atoms with E-state index in [4.69, 9.17) is 4.74 Å². The highest BCUT2D eigenvalue weighted by Crippen LogP contribution is 2.68.